The number of aliphatic hydroxyl groups is 1. The van der Waals surface area contributed by atoms with Gasteiger partial charge in [-0.25, -0.2) is 4.39 Å². The van der Waals surface area contributed by atoms with Crippen LogP contribution in [0.2, 0.25) is 0 Å². The molecular formula is C12H14F4O2. The van der Waals surface area contributed by atoms with E-state index in [0.29, 0.717) is 5.75 Å². The first-order chi connectivity index (χ1) is 8.33. The molecule has 0 fully saturated rings. The Morgan fingerprint density at radius 3 is 2.50 bits per heavy atom. The van der Waals surface area contributed by atoms with Crippen molar-refractivity contribution in [2.75, 3.05) is 7.11 Å². The molecular weight excluding hydrogens is 252 g/mol. The number of alkyl halides is 3. The molecule has 0 heterocycles. The number of halogens is 4. The second-order valence-corrected chi connectivity index (χ2v) is 3.91. The van der Waals surface area contributed by atoms with E-state index in [2.05, 4.69) is 0 Å². The molecule has 2 nitrogen and oxygen atoms in total. The maximum absolute atomic E-state index is 13.5. The molecule has 0 aliphatic rings. The molecule has 0 aliphatic carbocycles. The van der Waals surface area contributed by atoms with Gasteiger partial charge in [-0.3, -0.25) is 0 Å². The number of hydrogen-bond acceptors (Lipinski definition) is 2. The van der Waals surface area contributed by atoms with Crippen molar-refractivity contribution in [3.8, 4) is 5.75 Å². The quantitative estimate of drug-likeness (QED) is 0.825. The topological polar surface area (TPSA) is 29.5 Å². The van der Waals surface area contributed by atoms with E-state index < -0.39 is 24.5 Å². The number of ether oxygens (including phenoxy) is 1. The summed E-state index contributed by atoms with van der Waals surface area (Å²) in [7, 11) is 1.37. The zero-order valence-corrected chi connectivity index (χ0v) is 9.80. The van der Waals surface area contributed by atoms with E-state index in [1.165, 1.54) is 19.2 Å². The van der Waals surface area contributed by atoms with E-state index in [-0.39, 0.29) is 18.4 Å². The second kappa shape index (κ2) is 6.04. The van der Waals surface area contributed by atoms with Crippen molar-refractivity contribution in [2.24, 2.45) is 0 Å². The SMILES string of the molecule is COc1ccc(C(O)CCCC(F)(F)F)c(F)c1. The van der Waals surface area contributed by atoms with E-state index in [4.69, 9.17) is 4.74 Å². The minimum absolute atomic E-state index is 0.0158. The summed E-state index contributed by atoms with van der Waals surface area (Å²) in [6, 6.07) is 3.85. The van der Waals surface area contributed by atoms with Gasteiger partial charge in [0, 0.05) is 18.1 Å². The first-order valence-electron chi connectivity index (χ1n) is 5.42. The lowest BCUT2D eigenvalue weighted by Crippen LogP contribution is -2.08. The fraction of sp³-hybridized carbons (Fsp3) is 0.500. The van der Waals surface area contributed by atoms with Crippen LogP contribution in [0.4, 0.5) is 17.6 Å². The molecule has 0 aliphatic heterocycles. The Morgan fingerprint density at radius 1 is 1.33 bits per heavy atom. The maximum atomic E-state index is 13.5. The van der Waals surface area contributed by atoms with Gasteiger partial charge in [0.1, 0.15) is 11.6 Å². The van der Waals surface area contributed by atoms with E-state index in [9.17, 15) is 22.7 Å². The minimum Gasteiger partial charge on any atom is -0.497 e. The lowest BCUT2D eigenvalue weighted by Gasteiger charge is -2.13. The predicted molar refractivity (Wildman–Crippen MR) is 57.8 cm³/mol. The molecule has 0 spiro atoms. The Balaban J connectivity index is 2.59. The molecule has 6 heteroatoms. The van der Waals surface area contributed by atoms with Gasteiger partial charge >= 0.3 is 6.18 Å². The van der Waals surface area contributed by atoms with Crippen molar-refractivity contribution in [2.45, 2.75) is 31.5 Å². The molecule has 18 heavy (non-hydrogen) atoms. The molecule has 1 rings (SSSR count). The highest BCUT2D eigenvalue weighted by Gasteiger charge is 2.27. The third-order valence-electron chi connectivity index (χ3n) is 2.50. The first-order valence-corrected chi connectivity index (χ1v) is 5.42. The molecule has 1 N–H and O–H groups in total. The van der Waals surface area contributed by atoms with E-state index in [1.807, 2.05) is 0 Å². The smallest absolute Gasteiger partial charge is 0.389 e. The van der Waals surface area contributed by atoms with Crippen LogP contribution >= 0.6 is 0 Å². The number of methoxy groups -OCH3 is 1. The van der Waals surface area contributed by atoms with Crippen LogP contribution in [-0.4, -0.2) is 18.4 Å². The number of aliphatic hydroxyl groups excluding tert-OH is 1. The van der Waals surface area contributed by atoms with Gasteiger partial charge in [-0.1, -0.05) is 0 Å². The summed E-state index contributed by atoms with van der Waals surface area (Å²) in [5.74, 6) is -0.396. The summed E-state index contributed by atoms with van der Waals surface area (Å²) in [6.45, 7) is 0. The fourth-order valence-corrected chi connectivity index (χ4v) is 1.56. The summed E-state index contributed by atoms with van der Waals surface area (Å²) in [5, 5.41) is 9.61. The summed E-state index contributed by atoms with van der Waals surface area (Å²) >= 11 is 0. The highest BCUT2D eigenvalue weighted by molar-refractivity contribution is 5.30. The molecule has 0 bridgehead atoms. The third kappa shape index (κ3) is 4.52. The first kappa shape index (κ1) is 14.8. The molecule has 0 radical (unpaired) electrons. The van der Waals surface area contributed by atoms with Gasteiger partial charge in [-0.2, -0.15) is 13.2 Å². The van der Waals surface area contributed by atoms with Crippen LogP contribution in [0.3, 0.4) is 0 Å². The standard InChI is InChI=1S/C12H14F4O2/c1-18-8-4-5-9(10(13)7-8)11(17)3-2-6-12(14,15)16/h4-5,7,11,17H,2-3,6H2,1H3. The van der Waals surface area contributed by atoms with Gasteiger partial charge in [0.05, 0.1) is 13.2 Å². The largest absolute Gasteiger partial charge is 0.497 e. The van der Waals surface area contributed by atoms with Crippen molar-refractivity contribution in [3.63, 3.8) is 0 Å². The minimum atomic E-state index is -4.25. The highest BCUT2D eigenvalue weighted by Crippen LogP contribution is 2.28. The molecule has 0 aromatic heterocycles. The Bertz CT molecular complexity index is 390. The zero-order valence-electron chi connectivity index (χ0n) is 9.80. The van der Waals surface area contributed by atoms with Gasteiger partial charge in [-0.15, -0.1) is 0 Å². The molecule has 1 aromatic rings. The molecule has 1 unspecified atom stereocenters. The maximum Gasteiger partial charge on any atom is 0.389 e. The van der Waals surface area contributed by atoms with Crippen molar-refractivity contribution < 1.29 is 27.4 Å². The molecule has 0 saturated heterocycles. The van der Waals surface area contributed by atoms with Crippen molar-refractivity contribution >= 4 is 0 Å². The summed E-state index contributed by atoms with van der Waals surface area (Å²) in [5.41, 5.74) is -0.0158. The van der Waals surface area contributed by atoms with Crippen LogP contribution < -0.4 is 4.74 Å². The Morgan fingerprint density at radius 2 is 2.00 bits per heavy atom. The number of benzene rings is 1. The van der Waals surface area contributed by atoms with Crippen molar-refractivity contribution in [1.82, 2.24) is 0 Å². The van der Waals surface area contributed by atoms with Crippen LogP contribution in [0.5, 0.6) is 5.75 Å². The molecule has 102 valence electrons. The molecule has 1 aromatic carbocycles. The Kier molecular flexibility index (Phi) is 4.95. The Hall–Kier alpha value is -1.30. The van der Waals surface area contributed by atoms with Crippen molar-refractivity contribution in [1.29, 1.82) is 0 Å². The van der Waals surface area contributed by atoms with E-state index >= 15 is 0 Å². The van der Waals surface area contributed by atoms with Gasteiger partial charge in [0.15, 0.2) is 0 Å². The lowest BCUT2D eigenvalue weighted by atomic mass is 10.0. The van der Waals surface area contributed by atoms with Crippen molar-refractivity contribution in [3.05, 3.63) is 29.6 Å². The van der Waals surface area contributed by atoms with Crippen LogP contribution in [0.15, 0.2) is 18.2 Å². The lowest BCUT2D eigenvalue weighted by molar-refractivity contribution is -0.136. The molecule has 0 saturated carbocycles. The third-order valence-corrected chi connectivity index (χ3v) is 2.50. The average Bonchev–Trinajstić information content (AvgIpc) is 2.26. The number of rotatable bonds is 5. The van der Waals surface area contributed by atoms with E-state index in [1.54, 1.807) is 0 Å². The van der Waals surface area contributed by atoms with Gasteiger partial charge in [0.2, 0.25) is 0 Å². The van der Waals surface area contributed by atoms with Gasteiger partial charge < -0.3 is 9.84 Å². The monoisotopic (exact) mass is 266 g/mol. The highest BCUT2D eigenvalue weighted by atomic mass is 19.4. The van der Waals surface area contributed by atoms with Gasteiger partial charge in [0.25, 0.3) is 0 Å². The van der Waals surface area contributed by atoms with Gasteiger partial charge in [-0.05, 0) is 25.0 Å². The molecule has 0 amide bonds. The second-order valence-electron chi connectivity index (χ2n) is 3.91. The van der Waals surface area contributed by atoms with E-state index in [0.717, 1.165) is 6.07 Å². The fourth-order valence-electron chi connectivity index (χ4n) is 1.56. The average molecular weight is 266 g/mol. The summed E-state index contributed by atoms with van der Waals surface area (Å²) < 4.78 is 54.0. The normalized spacial score (nSPS) is 13.4. The Labute approximate surface area is 102 Å². The molecule has 1 atom stereocenters. The van der Waals surface area contributed by atoms with Crippen LogP contribution in [0.1, 0.15) is 30.9 Å². The summed E-state index contributed by atoms with van der Waals surface area (Å²) in [4.78, 5) is 0. The summed E-state index contributed by atoms with van der Waals surface area (Å²) in [6.07, 6.45) is -6.85. The van der Waals surface area contributed by atoms with Crippen LogP contribution in [0.25, 0.3) is 0 Å². The van der Waals surface area contributed by atoms with Crippen LogP contribution in [-0.2, 0) is 0 Å². The number of hydrogen-bond donors (Lipinski definition) is 1. The zero-order chi connectivity index (χ0) is 13.8. The van der Waals surface area contributed by atoms with Crippen LogP contribution in [0, 0.1) is 5.82 Å². The predicted octanol–water partition coefficient (Wildman–Crippen LogP) is 3.60.